The molecule has 1 aliphatic rings. The van der Waals surface area contributed by atoms with Crippen molar-refractivity contribution in [3.05, 3.63) is 59.7 Å². The molecule has 0 amide bonds. The molecule has 96 valence electrons. The molecule has 18 heavy (non-hydrogen) atoms. The Balaban J connectivity index is 1.58. The first-order chi connectivity index (χ1) is 8.95. The Hall–Kier alpha value is -1.38. The second-order valence-electron chi connectivity index (χ2n) is 4.35. The first-order valence-corrected chi connectivity index (χ1v) is 6.50. The summed E-state index contributed by atoms with van der Waals surface area (Å²) in [5.74, 6) is 0. The molecule has 1 aliphatic heterocycles. The zero-order valence-corrected chi connectivity index (χ0v) is 10.7. The summed E-state index contributed by atoms with van der Waals surface area (Å²) in [7, 11) is 0. The van der Waals surface area contributed by atoms with Crippen LogP contribution in [-0.4, -0.2) is 19.8 Å². The van der Waals surface area contributed by atoms with Crippen molar-refractivity contribution in [2.75, 3.05) is 19.8 Å². The van der Waals surface area contributed by atoms with Crippen LogP contribution in [-0.2, 0) is 16.1 Å². The van der Waals surface area contributed by atoms with Gasteiger partial charge in [-0.2, -0.15) is 0 Å². The van der Waals surface area contributed by atoms with Crippen molar-refractivity contribution < 1.29 is 9.47 Å². The smallest absolute Gasteiger partial charge is 0.0717 e. The minimum atomic E-state index is 0.695. The average molecular weight is 244 g/mol. The van der Waals surface area contributed by atoms with Crippen molar-refractivity contribution in [1.29, 1.82) is 0 Å². The topological polar surface area (TPSA) is 18.5 Å². The van der Waals surface area contributed by atoms with E-state index in [4.69, 9.17) is 9.47 Å². The second-order valence-corrected chi connectivity index (χ2v) is 4.35. The number of hydrogen-bond donors (Lipinski definition) is 0. The van der Waals surface area contributed by atoms with Gasteiger partial charge >= 0.3 is 0 Å². The molecule has 2 rings (SSSR count). The van der Waals surface area contributed by atoms with E-state index in [1.165, 1.54) is 11.1 Å². The monoisotopic (exact) mass is 244 g/mol. The lowest BCUT2D eigenvalue weighted by atomic mass is 10.2. The lowest BCUT2D eigenvalue weighted by Gasteiger charge is -2.09. The van der Waals surface area contributed by atoms with E-state index in [2.05, 4.69) is 30.4 Å². The third-order valence-electron chi connectivity index (χ3n) is 2.81. The maximum absolute atomic E-state index is 5.61. The molecule has 0 saturated heterocycles. The Kier molecular flexibility index (Phi) is 5.70. The van der Waals surface area contributed by atoms with E-state index in [1.807, 2.05) is 18.2 Å². The van der Waals surface area contributed by atoms with Gasteiger partial charge < -0.3 is 9.47 Å². The van der Waals surface area contributed by atoms with Gasteiger partial charge in [-0.05, 0) is 24.0 Å². The van der Waals surface area contributed by atoms with Gasteiger partial charge in [-0.3, -0.25) is 0 Å². The summed E-state index contributed by atoms with van der Waals surface area (Å²) in [4.78, 5) is 0. The van der Waals surface area contributed by atoms with Gasteiger partial charge in [-0.15, -0.1) is 0 Å². The normalized spacial score (nSPS) is 15.9. The molecule has 0 aromatic heterocycles. The summed E-state index contributed by atoms with van der Waals surface area (Å²) in [5, 5.41) is 0. The SMILES string of the molecule is C1=C(/C=C/CCOCc2ccccc2)COCC1. The molecule has 0 spiro atoms. The molecule has 0 N–H and O–H groups in total. The maximum Gasteiger partial charge on any atom is 0.0717 e. The fourth-order valence-corrected chi connectivity index (χ4v) is 1.84. The van der Waals surface area contributed by atoms with Crippen LogP contribution in [0, 0.1) is 0 Å². The van der Waals surface area contributed by atoms with Crippen LogP contribution in [0.4, 0.5) is 0 Å². The van der Waals surface area contributed by atoms with Gasteiger partial charge in [0.15, 0.2) is 0 Å². The van der Waals surface area contributed by atoms with Gasteiger partial charge in [0.1, 0.15) is 0 Å². The predicted molar refractivity (Wildman–Crippen MR) is 73.4 cm³/mol. The van der Waals surface area contributed by atoms with E-state index < -0.39 is 0 Å². The van der Waals surface area contributed by atoms with Gasteiger partial charge in [0, 0.05) is 0 Å². The molecule has 1 aromatic rings. The van der Waals surface area contributed by atoms with Crippen molar-refractivity contribution >= 4 is 0 Å². The predicted octanol–water partition coefficient (Wildman–Crippen LogP) is 3.50. The maximum atomic E-state index is 5.61. The molecule has 0 atom stereocenters. The Labute approximate surface area is 109 Å². The summed E-state index contributed by atoms with van der Waals surface area (Å²) >= 11 is 0. The Bertz CT molecular complexity index is 393. The molecule has 1 aromatic carbocycles. The number of hydrogen-bond acceptors (Lipinski definition) is 2. The van der Waals surface area contributed by atoms with E-state index in [1.54, 1.807) is 0 Å². The molecule has 0 saturated carbocycles. The van der Waals surface area contributed by atoms with Crippen molar-refractivity contribution in [2.45, 2.75) is 19.4 Å². The van der Waals surface area contributed by atoms with Crippen LogP contribution in [0.3, 0.4) is 0 Å². The van der Waals surface area contributed by atoms with Gasteiger partial charge in [-0.25, -0.2) is 0 Å². The quantitative estimate of drug-likeness (QED) is 0.713. The molecule has 2 nitrogen and oxygen atoms in total. The van der Waals surface area contributed by atoms with Crippen LogP contribution in [0.25, 0.3) is 0 Å². The minimum absolute atomic E-state index is 0.695. The van der Waals surface area contributed by atoms with E-state index in [0.29, 0.717) is 6.61 Å². The second kappa shape index (κ2) is 7.85. The summed E-state index contributed by atoms with van der Waals surface area (Å²) < 4.78 is 11.0. The van der Waals surface area contributed by atoms with Crippen LogP contribution in [0.5, 0.6) is 0 Å². The number of ether oxygens (including phenoxy) is 2. The van der Waals surface area contributed by atoms with Crippen molar-refractivity contribution in [2.24, 2.45) is 0 Å². The first-order valence-electron chi connectivity index (χ1n) is 6.50. The largest absolute Gasteiger partial charge is 0.376 e. The van der Waals surface area contributed by atoms with Crippen LogP contribution in [0.2, 0.25) is 0 Å². The van der Waals surface area contributed by atoms with E-state index in [-0.39, 0.29) is 0 Å². The molecular weight excluding hydrogens is 224 g/mol. The first kappa shape index (κ1) is 13.1. The van der Waals surface area contributed by atoms with Crippen LogP contribution >= 0.6 is 0 Å². The average Bonchev–Trinajstić information content (AvgIpc) is 2.45. The lowest BCUT2D eigenvalue weighted by Crippen LogP contribution is -2.03. The summed E-state index contributed by atoms with van der Waals surface area (Å²) in [6, 6.07) is 10.3. The van der Waals surface area contributed by atoms with E-state index >= 15 is 0 Å². The Morgan fingerprint density at radius 3 is 2.89 bits per heavy atom. The van der Waals surface area contributed by atoms with Gasteiger partial charge in [0.25, 0.3) is 0 Å². The lowest BCUT2D eigenvalue weighted by molar-refractivity contribution is 0.125. The van der Waals surface area contributed by atoms with E-state index in [0.717, 1.165) is 32.7 Å². The highest BCUT2D eigenvalue weighted by atomic mass is 16.5. The summed E-state index contributed by atoms with van der Waals surface area (Å²) in [6.45, 7) is 3.07. The standard InChI is InChI=1S/C16H20O2/c1-2-7-15(8-3-1)13-17-11-5-4-9-16-10-6-12-18-14-16/h1-4,7-10H,5-6,11-14H2/b9-4+. The fourth-order valence-electron chi connectivity index (χ4n) is 1.84. The van der Waals surface area contributed by atoms with Crippen LogP contribution < -0.4 is 0 Å². The highest BCUT2D eigenvalue weighted by Gasteiger charge is 1.98. The number of benzene rings is 1. The summed E-state index contributed by atoms with van der Waals surface area (Å²) in [6.07, 6.45) is 8.52. The highest BCUT2D eigenvalue weighted by Crippen LogP contribution is 2.07. The highest BCUT2D eigenvalue weighted by molar-refractivity contribution is 5.20. The van der Waals surface area contributed by atoms with Crippen LogP contribution in [0.15, 0.2) is 54.1 Å². The zero-order chi connectivity index (χ0) is 12.5. The number of rotatable bonds is 6. The Morgan fingerprint density at radius 2 is 2.11 bits per heavy atom. The molecule has 2 heteroatoms. The third kappa shape index (κ3) is 4.86. The van der Waals surface area contributed by atoms with Crippen molar-refractivity contribution in [3.8, 4) is 0 Å². The van der Waals surface area contributed by atoms with Crippen molar-refractivity contribution in [1.82, 2.24) is 0 Å². The minimum Gasteiger partial charge on any atom is -0.376 e. The van der Waals surface area contributed by atoms with Crippen LogP contribution in [0.1, 0.15) is 18.4 Å². The molecular formula is C16H20O2. The molecule has 0 bridgehead atoms. The third-order valence-corrected chi connectivity index (χ3v) is 2.81. The molecule has 1 heterocycles. The fraction of sp³-hybridized carbons (Fsp3) is 0.375. The summed E-state index contributed by atoms with van der Waals surface area (Å²) in [5.41, 5.74) is 2.51. The van der Waals surface area contributed by atoms with E-state index in [9.17, 15) is 0 Å². The molecule has 0 unspecified atom stereocenters. The van der Waals surface area contributed by atoms with Gasteiger partial charge in [0.05, 0.1) is 26.4 Å². The zero-order valence-electron chi connectivity index (χ0n) is 10.7. The van der Waals surface area contributed by atoms with Gasteiger partial charge in [0.2, 0.25) is 0 Å². The van der Waals surface area contributed by atoms with Crippen molar-refractivity contribution in [3.63, 3.8) is 0 Å². The molecule has 0 radical (unpaired) electrons. The molecule has 0 aliphatic carbocycles. The Morgan fingerprint density at radius 1 is 1.22 bits per heavy atom. The van der Waals surface area contributed by atoms with Gasteiger partial charge in [-0.1, -0.05) is 48.6 Å². The molecule has 0 fully saturated rings.